The molecule has 1 aromatic carbocycles. The molecule has 0 spiro atoms. The lowest BCUT2D eigenvalue weighted by molar-refractivity contribution is 0.942. The second-order valence-corrected chi connectivity index (χ2v) is 6.71. The van der Waals surface area contributed by atoms with Gasteiger partial charge in [-0.25, -0.2) is 15.0 Å². The lowest BCUT2D eigenvalue weighted by Gasteiger charge is -2.12. The van der Waals surface area contributed by atoms with Crippen LogP contribution in [0.15, 0.2) is 92.2 Å². The third kappa shape index (κ3) is 2.45. The standard InChI is InChI=1S/C22H15N7/c1-2-5-18-17(4-1)22-19(6-3-7-25-22)29(18)21-13-16(27-10-8-23-14-27)12-20(26-21)28-11-9-24-15-28/h1-15H. The van der Waals surface area contributed by atoms with Crippen molar-refractivity contribution >= 4 is 21.9 Å². The van der Waals surface area contributed by atoms with Gasteiger partial charge >= 0.3 is 0 Å². The Morgan fingerprint density at radius 3 is 2.28 bits per heavy atom. The largest absolute Gasteiger partial charge is 0.306 e. The molecule has 0 N–H and O–H groups in total. The first kappa shape index (κ1) is 15.8. The Kier molecular flexibility index (Phi) is 3.33. The first-order valence-electron chi connectivity index (χ1n) is 9.22. The molecular weight excluding hydrogens is 362 g/mol. The summed E-state index contributed by atoms with van der Waals surface area (Å²) in [6, 6.07) is 16.4. The molecule has 7 nitrogen and oxygen atoms in total. The Labute approximate surface area is 165 Å². The molecule has 0 bridgehead atoms. The Balaban J connectivity index is 1.71. The summed E-state index contributed by atoms with van der Waals surface area (Å²) < 4.78 is 6.02. The molecule has 7 heteroatoms. The van der Waals surface area contributed by atoms with Crippen LogP contribution in [0.1, 0.15) is 0 Å². The van der Waals surface area contributed by atoms with E-state index in [1.165, 1.54) is 0 Å². The fourth-order valence-electron chi connectivity index (χ4n) is 3.72. The minimum absolute atomic E-state index is 0.776. The van der Waals surface area contributed by atoms with E-state index >= 15 is 0 Å². The molecule has 0 saturated carbocycles. The number of pyridine rings is 2. The quantitative estimate of drug-likeness (QED) is 0.468. The molecule has 0 fully saturated rings. The van der Waals surface area contributed by atoms with Crippen LogP contribution in [0.4, 0.5) is 0 Å². The Bertz CT molecular complexity index is 1340. The highest BCUT2D eigenvalue weighted by molar-refractivity contribution is 6.06. The minimum Gasteiger partial charge on any atom is -0.306 e. The topological polar surface area (TPSA) is 66.3 Å². The second kappa shape index (κ2) is 6.13. The van der Waals surface area contributed by atoms with Gasteiger partial charge in [0, 0.05) is 48.5 Å². The predicted molar refractivity (Wildman–Crippen MR) is 111 cm³/mol. The lowest BCUT2D eigenvalue weighted by Crippen LogP contribution is -2.05. The van der Waals surface area contributed by atoms with Gasteiger partial charge in [0.05, 0.1) is 28.6 Å². The van der Waals surface area contributed by atoms with Crippen molar-refractivity contribution in [3.8, 4) is 17.3 Å². The van der Waals surface area contributed by atoms with Crippen molar-refractivity contribution in [2.24, 2.45) is 0 Å². The van der Waals surface area contributed by atoms with Crippen molar-refractivity contribution in [2.45, 2.75) is 0 Å². The molecule has 6 rings (SSSR count). The van der Waals surface area contributed by atoms with Crippen molar-refractivity contribution < 1.29 is 0 Å². The van der Waals surface area contributed by atoms with E-state index < -0.39 is 0 Å². The molecule has 0 atom stereocenters. The summed E-state index contributed by atoms with van der Waals surface area (Å²) in [5.74, 6) is 1.58. The number of hydrogen-bond donors (Lipinski definition) is 0. The zero-order valence-corrected chi connectivity index (χ0v) is 15.3. The number of para-hydroxylation sites is 1. The van der Waals surface area contributed by atoms with E-state index in [4.69, 9.17) is 4.98 Å². The van der Waals surface area contributed by atoms with E-state index in [1.54, 1.807) is 25.0 Å². The van der Waals surface area contributed by atoms with E-state index in [0.29, 0.717) is 0 Å². The predicted octanol–water partition coefficient (Wildman–Crippen LogP) is 3.95. The molecule has 0 unspecified atom stereocenters. The maximum Gasteiger partial charge on any atom is 0.142 e. The highest BCUT2D eigenvalue weighted by Crippen LogP contribution is 2.30. The Morgan fingerprint density at radius 2 is 1.45 bits per heavy atom. The number of nitrogens with zero attached hydrogens (tertiary/aromatic N) is 7. The van der Waals surface area contributed by atoms with Gasteiger partial charge in [-0.3, -0.25) is 14.1 Å². The zero-order chi connectivity index (χ0) is 19.2. The number of aromatic nitrogens is 7. The normalized spacial score (nSPS) is 11.4. The number of imidazole rings is 2. The van der Waals surface area contributed by atoms with Gasteiger partial charge < -0.3 is 4.57 Å². The van der Waals surface area contributed by atoms with Crippen LogP contribution in [-0.2, 0) is 0 Å². The number of fused-ring (bicyclic) bond motifs is 3. The summed E-state index contributed by atoms with van der Waals surface area (Å²) in [4.78, 5) is 17.9. The molecular formula is C22H15N7. The third-order valence-corrected chi connectivity index (χ3v) is 5.01. The van der Waals surface area contributed by atoms with Crippen LogP contribution < -0.4 is 0 Å². The lowest BCUT2D eigenvalue weighted by atomic mass is 10.2. The monoisotopic (exact) mass is 377 g/mol. The van der Waals surface area contributed by atoms with Gasteiger partial charge in [-0.1, -0.05) is 18.2 Å². The number of rotatable bonds is 3. The first-order valence-corrected chi connectivity index (χ1v) is 9.22. The van der Waals surface area contributed by atoms with E-state index in [2.05, 4.69) is 43.8 Å². The summed E-state index contributed by atoms with van der Waals surface area (Å²) in [5, 5.41) is 1.10. The summed E-state index contributed by atoms with van der Waals surface area (Å²) in [7, 11) is 0. The van der Waals surface area contributed by atoms with E-state index in [-0.39, 0.29) is 0 Å². The molecule has 6 aromatic rings. The van der Waals surface area contributed by atoms with Crippen molar-refractivity contribution in [3.63, 3.8) is 0 Å². The van der Waals surface area contributed by atoms with Gasteiger partial charge in [-0.05, 0) is 18.2 Å². The molecule has 0 radical (unpaired) electrons. The summed E-state index contributed by atoms with van der Waals surface area (Å²) in [6.45, 7) is 0. The second-order valence-electron chi connectivity index (χ2n) is 6.71. The van der Waals surface area contributed by atoms with Gasteiger partial charge in [0.15, 0.2) is 0 Å². The maximum atomic E-state index is 4.95. The SMILES string of the molecule is c1ccc2c(c1)c1ncccc1n2-c1cc(-n2ccnc2)cc(-n2ccnc2)n1. The average molecular weight is 377 g/mol. The van der Waals surface area contributed by atoms with Crippen LogP contribution >= 0.6 is 0 Å². The van der Waals surface area contributed by atoms with E-state index in [0.717, 1.165) is 39.3 Å². The molecule has 138 valence electrons. The maximum absolute atomic E-state index is 4.95. The molecule has 5 heterocycles. The fraction of sp³-hybridized carbons (Fsp3) is 0. The van der Waals surface area contributed by atoms with E-state index in [9.17, 15) is 0 Å². The Hall–Kier alpha value is -4.26. The van der Waals surface area contributed by atoms with Crippen molar-refractivity contribution in [1.29, 1.82) is 0 Å². The average Bonchev–Trinajstić information content (AvgIpc) is 3.54. The van der Waals surface area contributed by atoms with Crippen molar-refractivity contribution in [3.05, 3.63) is 92.2 Å². The number of benzene rings is 1. The van der Waals surface area contributed by atoms with Crippen LogP contribution in [0.2, 0.25) is 0 Å². The molecule has 0 saturated heterocycles. The Morgan fingerprint density at radius 1 is 0.690 bits per heavy atom. The minimum atomic E-state index is 0.776. The number of hydrogen-bond acceptors (Lipinski definition) is 4. The van der Waals surface area contributed by atoms with Crippen LogP contribution in [-0.4, -0.2) is 33.6 Å². The van der Waals surface area contributed by atoms with Gasteiger partial charge in [-0.2, -0.15) is 0 Å². The van der Waals surface area contributed by atoms with Gasteiger partial charge in [0.25, 0.3) is 0 Å². The summed E-state index contributed by atoms with van der Waals surface area (Å²) in [6.07, 6.45) is 12.7. The summed E-state index contributed by atoms with van der Waals surface area (Å²) >= 11 is 0. The van der Waals surface area contributed by atoms with Crippen LogP contribution in [0.5, 0.6) is 0 Å². The molecule has 0 aliphatic carbocycles. The van der Waals surface area contributed by atoms with Gasteiger partial charge in [-0.15, -0.1) is 0 Å². The molecule has 0 aliphatic heterocycles. The molecule has 5 aromatic heterocycles. The van der Waals surface area contributed by atoms with Crippen molar-refractivity contribution in [1.82, 2.24) is 33.6 Å². The molecule has 0 aliphatic rings. The van der Waals surface area contributed by atoms with E-state index in [1.807, 2.05) is 52.0 Å². The van der Waals surface area contributed by atoms with Crippen LogP contribution in [0.25, 0.3) is 39.3 Å². The smallest absolute Gasteiger partial charge is 0.142 e. The highest BCUT2D eigenvalue weighted by atomic mass is 15.2. The van der Waals surface area contributed by atoms with Gasteiger partial charge in [0.1, 0.15) is 18.0 Å². The highest BCUT2D eigenvalue weighted by Gasteiger charge is 2.15. The molecule has 29 heavy (non-hydrogen) atoms. The molecule has 0 amide bonds. The summed E-state index contributed by atoms with van der Waals surface area (Å²) in [5.41, 5.74) is 4.00. The third-order valence-electron chi connectivity index (χ3n) is 5.01. The first-order chi connectivity index (χ1) is 14.4. The zero-order valence-electron chi connectivity index (χ0n) is 15.3. The van der Waals surface area contributed by atoms with Gasteiger partial charge in [0.2, 0.25) is 0 Å². The van der Waals surface area contributed by atoms with Crippen LogP contribution in [0, 0.1) is 0 Å². The van der Waals surface area contributed by atoms with Crippen molar-refractivity contribution in [2.75, 3.05) is 0 Å². The fourth-order valence-corrected chi connectivity index (χ4v) is 3.72. The van der Waals surface area contributed by atoms with Crippen LogP contribution in [0.3, 0.4) is 0 Å².